The first kappa shape index (κ1) is 38.6. The topological polar surface area (TPSA) is 166 Å². The number of halogens is 9. The Morgan fingerprint density at radius 3 is 1.76 bits per heavy atom. The van der Waals surface area contributed by atoms with Crippen molar-refractivity contribution in [2.45, 2.75) is 64.0 Å². The van der Waals surface area contributed by atoms with E-state index in [0.29, 0.717) is 13.0 Å². The number of imidazole rings is 1. The Morgan fingerprint density at radius 2 is 1.33 bits per heavy atom. The van der Waals surface area contributed by atoms with Gasteiger partial charge in [0.25, 0.3) is 0 Å². The van der Waals surface area contributed by atoms with Crippen molar-refractivity contribution < 1.29 is 74.0 Å². The fourth-order valence-corrected chi connectivity index (χ4v) is 3.65. The number of alkyl halides is 9. The van der Waals surface area contributed by atoms with Crippen LogP contribution in [0.4, 0.5) is 39.5 Å². The quantitative estimate of drug-likeness (QED) is 0.410. The highest BCUT2D eigenvalue weighted by Crippen LogP contribution is 2.21. The SMILES string of the molecule is O=C(O)C(F)(F)F.O=C(O)C(F)(F)F.O=C(O)C(F)(F)F.O=C1CCCN1Cc1ncn2c1CN(Cc1cccnc1)CCC2. The Bertz CT molecular complexity index is 1230. The van der Waals surface area contributed by atoms with Gasteiger partial charge in [-0.05, 0) is 24.5 Å². The largest absolute Gasteiger partial charge is 0.490 e. The first-order chi connectivity index (χ1) is 20.6. The molecule has 21 heteroatoms. The van der Waals surface area contributed by atoms with Gasteiger partial charge in [0.2, 0.25) is 5.91 Å². The number of hydrogen-bond acceptors (Lipinski definition) is 7. The summed E-state index contributed by atoms with van der Waals surface area (Å²) in [4.78, 5) is 51.8. The molecule has 2 aliphatic heterocycles. The van der Waals surface area contributed by atoms with Crippen molar-refractivity contribution in [3.8, 4) is 0 Å². The Labute approximate surface area is 247 Å². The van der Waals surface area contributed by atoms with Gasteiger partial charge >= 0.3 is 36.4 Å². The van der Waals surface area contributed by atoms with Crippen molar-refractivity contribution in [1.82, 2.24) is 24.3 Å². The number of carboxylic acid groups (broad SMARTS) is 3. The van der Waals surface area contributed by atoms with E-state index in [0.717, 1.165) is 51.3 Å². The molecule has 2 aromatic rings. The molecule has 0 aromatic carbocycles. The molecule has 0 radical (unpaired) electrons. The van der Waals surface area contributed by atoms with Crippen molar-refractivity contribution >= 4 is 23.8 Å². The minimum absolute atomic E-state index is 0.262. The minimum atomic E-state index is -5.08. The minimum Gasteiger partial charge on any atom is -0.475 e. The molecule has 4 rings (SSSR count). The van der Waals surface area contributed by atoms with Crippen molar-refractivity contribution in [3.63, 3.8) is 0 Å². The number of hydrogen-bond donors (Lipinski definition) is 3. The molecule has 45 heavy (non-hydrogen) atoms. The van der Waals surface area contributed by atoms with Gasteiger partial charge in [0.15, 0.2) is 0 Å². The van der Waals surface area contributed by atoms with Crippen LogP contribution in [0.3, 0.4) is 0 Å². The van der Waals surface area contributed by atoms with Crippen LogP contribution in [0.2, 0.25) is 0 Å². The summed E-state index contributed by atoms with van der Waals surface area (Å²) in [6.45, 7) is 5.37. The number of carbonyl (C=O) groups is 4. The molecular weight excluding hydrogens is 641 g/mol. The zero-order chi connectivity index (χ0) is 34.6. The maximum atomic E-state index is 11.9. The molecular formula is C24H26F9N5O7. The van der Waals surface area contributed by atoms with Crippen LogP contribution in [0.1, 0.15) is 36.2 Å². The fraction of sp³-hybridized carbons (Fsp3) is 0.500. The number of carbonyl (C=O) groups excluding carboxylic acids is 1. The second-order valence-corrected chi connectivity index (χ2v) is 9.08. The van der Waals surface area contributed by atoms with Crippen molar-refractivity contribution in [2.75, 3.05) is 13.1 Å². The number of aromatic nitrogens is 3. The Morgan fingerprint density at radius 1 is 0.800 bits per heavy atom. The molecule has 0 spiro atoms. The van der Waals surface area contributed by atoms with Crippen LogP contribution in [-0.2, 0) is 45.4 Å². The van der Waals surface area contributed by atoms with E-state index in [1.165, 1.54) is 11.3 Å². The van der Waals surface area contributed by atoms with Gasteiger partial charge in [0.1, 0.15) is 0 Å². The van der Waals surface area contributed by atoms with Gasteiger partial charge < -0.3 is 24.8 Å². The van der Waals surface area contributed by atoms with Gasteiger partial charge in [0, 0.05) is 51.5 Å². The van der Waals surface area contributed by atoms with Gasteiger partial charge in [0.05, 0.1) is 24.3 Å². The van der Waals surface area contributed by atoms with E-state index >= 15 is 0 Å². The number of amides is 1. The van der Waals surface area contributed by atoms with Gasteiger partial charge in [-0.15, -0.1) is 0 Å². The molecule has 12 nitrogen and oxygen atoms in total. The van der Waals surface area contributed by atoms with Crippen LogP contribution in [-0.4, -0.2) is 95.1 Å². The molecule has 0 atom stereocenters. The Hall–Kier alpha value is -4.43. The Kier molecular flexibility index (Phi) is 14.2. The molecule has 0 unspecified atom stereocenters. The Balaban J connectivity index is 0.000000396. The monoisotopic (exact) mass is 667 g/mol. The number of aliphatic carboxylic acids is 3. The van der Waals surface area contributed by atoms with Crippen LogP contribution >= 0.6 is 0 Å². The van der Waals surface area contributed by atoms with Crippen LogP contribution in [0.15, 0.2) is 30.9 Å². The molecule has 2 aromatic heterocycles. The van der Waals surface area contributed by atoms with Crippen LogP contribution < -0.4 is 0 Å². The van der Waals surface area contributed by atoms with Crippen LogP contribution in [0.5, 0.6) is 0 Å². The van der Waals surface area contributed by atoms with Crippen LogP contribution in [0.25, 0.3) is 0 Å². The van der Waals surface area contributed by atoms with Crippen molar-refractivity contribution in [1.29, 1.82) is 0 Å². The smallest absolute Gasteiger partial charge is 0.475 e. The average Bonchev–Trinajstić information content (AvgIpc) is 3.43. The normalized spacial score (nSPS) is 15.2. The van der Waals surface area contributed by atoms with E-state index in [1.807, 2.05) is 29.7 Å². The highest BCUT2D eigenvalue weighted by molar-refractivity contribution is 5.78. The van der Waals surface area contributed by atoms with E-state index in [2.05, 4.69) is 25.5 Å². The number of pyridine rings is 1. The van der Waals surface area contributed by atoms with E-state index < -0.39 is 36.4 Å². The average molecular weight is 667 g/mol. The molecule has 3 N–H and O–H groups in total. The number of likely N-dealkylation sites (tertiary alicyclic amines) is 1. The predicted molar refractivity (Wildman–Crippen MR) is 131 cm³/mol. The first-order valence-corrected chi connectivity index (χ1v) is 12.4. The highest BCUT2D eigenvalue weighted by Gasteiger charge is 2.39. The van der Waals surface area contributed by atoms with Gasteiger partial charge in [-0.2, -0.15) is 39.5 Å². The fourth-order valence-electron chi connectivity index (χ4n) is 3.65. The number of nitrogens with zero attached hydrogens (tertiary/aromatic N) is 5. The third-order valence-electron chi connectivity index (χ3n) is 5.65. The van der Waals surface area contributed by atoms with E-state index in [1.54, 1.807) is 0 Å². The molecule has 1 fully saturated rings. The van der Waals surface area contributed by atoms with Crippen molar-refractivity contribution in [2.24, 2.45) is 0 Å². The lowest BCUT2D eigenvalue weighted by Crippen LogP contribution is -2.27. The molecule has 4 heterocycles. The summed E-state index contributed by atoms with van der Waals surface area (Å²) >= 11 is 0. The third-order valence-corrected chi connectivity index (χ3v) is 5.65. The van der Waals surface area contributed by atoms with Gasteiger partial charge in [-0.25, -0.2) is 19.4 Å². The molecule has 0 aliphatic carbocycles. The zero-order valence-corrected chi connectivity index (χ0v) is 22.9. The molecule has 0 saturated carbocycles. The third kappa shape index (κ3) is 14.3. The summed E-state index contributed by atoms with van der Waals surface area (Å²) in [7, 11) is 0. The lowest BCUT2D eigenvalue weighted by Gasteiger charge is -2.21. The van der Waals surface area contributed by atoms with Gasteiger partial charge in [-0.1, -0.05) is 6.07 Å². The predicted octanol–water partition coefficient (Wildman–Crippen LogP) is 3.71. The summed E-state index contributed by atoms with van der Waals surface area (Å²) < 4.78 is 97.5. The summed E-state index contributed by atoms with van der Waals surface area (Å²) in [5.41, 5.74) is 3.56. The summed E-state index contributed by atoms with van der Waals surface area (Å²) in [5, 5.41) is 21.4. The first-order valence-electron chi connectivity index (χ1n) is 12.4. The summed E-state index contributed by atoms with van der Waals surface area (Å²) in [5.74, 6) is -8.01. The molecule has 1 amide bonds. The molecule has 2 aliphatic rings. The number of fused-ring (bicyclic) bond motifs is 1. The second kappa shape index (κ2) is 16.6. The lowest BCUT2D eigenvalue weighted by molar-refractivity contribution is -0.193. The molecule has 252 valence electrons. The number of carboxylic acids is 3. The van der Waals surface area contributed by atoms with Crippen molar-refractivity contribution in [3.05, 3.63) is 47.8 Å². The maximum Gasteiger partial charge on any atom is 0.490 e. The summed E-state index contributed by atoms with van der Waals surface area (Å²) in [6.07, 6.45) is -6.78. The number of aryl methyl sites for hydroxylation is 1. The summed E-state index contributed by atoms with van der Waals surface area (Å²) in [6, 6.07) is 4.11. The number of rotatable bonds is 4. The van der Waals surface area contributed by atoms with E-state index in [9.17, 15) is 44.3 Å². The lowest BCUT2D eigenvalue weighted by atomic mass is 10.2. The standard InChI is InChI=1S/C18H23N5O.3C2HF3O2/c24-18-5-2-8-22(18)12-16-17-13-21(7-3-9-23(17)14-20-16)11-15-4-1-6-19-10-15;3*3-2(4,5)1(6)7/h1,4,6,10,14H,2-3,5,7-9,11-13H2;3*(H,6,7). The molecule has 1 saturated heterocycles. The van der Waals surface area contributed by atoms with Crippen LogP contribution in [0, 0.1) is 0 Å². The van der Waals surface area contributed by atoms with E-state index in [-0.39, 0.29) is 5.91 Å². The van der Waals surface area contributed by atoms with E-state index in [4.69, 9.17) is 29.7 Å². The second-order valence-electron chi connectivity index (χ2n) is 9.08. The molecule has 0 bridgehead atoms. The van der Waals surface area contributed by atoms with Gasteiger partial charge in [-0.3, -0.25) is 14.7 Å². The maximum absolute atomic E-state index is 11.9. The highest BCUT2D eigenvalue weighted by atomic mass is 19.4. The zero-order valence-electron chi connectivity index (χ0n) is 22.9.